The van der Waals surface area contributed by atoms with Crippen molar-refractivity contribution in [2.75, 3.05) is 18.0 Å². The molecule has 0 aliphatic rings. The number of benzene rings is 4. The summed E-state index contributed by atoms with van der Waals surface area (Å²) >= 11 is 0. The van der Waals surface area contributed by atoms with Crippen LogP contribution >= 0.6 is 0 Å². The number of methoxy groups -OCH3 is 1. The van der Waals surface area contributed by atoms with E-state index in [0.717, 1.165) is 21.5 Å². The first-order chi connectivity index (χ1) is 22.9. The summed E-state index contributed by atoms with van der Waals surface area (Å²) in [5.41, 5.74) is 1.62. The van der Waals surface area contributed by atoms with E-state index >= 15 is 0 Å². The van der Waals surface area contributed by atoms with Gasteiger partial charge in [0.05, 0.1) is 22.6 Å². The van der Waals surface area contributed by atoms with Crippen molar-refractivity contribution in [3.05, 3.63) is 130 Å². The Morgan fingerprint density at radius 2 is 1.52 bits per heavy atom. The second-order valence-corrected chi connectivity index (χ2v) is 13.3. The summed E-state index contributed by atoms with van der Waals surface area (Å²) in [6.45, 7) is 4.66. The smallest absolute Gasteiger partial charge is 0.273 e. The molecule has 0 spiro atoms. The molecule has 2 atom stereocenters. The Kier molecular flexibility index (Phi) is 11.9. The van der Waals surface area contributed by atoms with Crippen LogP contribution in [0.2, 0.25) is 0 Å². The third kappa shape index (κ3) is 8.77. The number of carbonyl (C=O) groups excluding carboxylic acids is 2. The lowest BCUT2D eigenvalue weighted by Crippen LogP contribution is -2.54. The molecule has 0 aromatic heterocycles. The van der Waals surface area contributed by atoms with Crippen LogP contribution in [0.25, 0.3) is 0 Å². The lowest BCUT2D eigenvalue weighted by molar-refractivity contribution is -0.385. The Balaban J connectivity index is 1.83. The molecular formula is C36H40N4O7S. The summed E-state index contributed by atoms with van der Waals surface area (Å²) in [7, 11) is -3.07. The molecule has 252 valence electrons. The molecule has 0 saturated heterocycles. The Bertz CT molecular complexity index is 1820. The Morgan fingerprint density at radius 1 is 0.917 bits per heavy atom. The molecule has 0 unspecified atom stereocenters. The monoisotopic (exact) mass is 672 g/mol. The zero-order chi connectivity index (χ0) is 34.8. The van der Waals surface area contributed by atoms with E-state index in [2.05, 4.69) is 5.32 Å². The molecule has 4 aromatic carbocycles. The molecule has 0 aliphatic heterocycles. The third-order valence-electron chi connectivity index (χ3n) is 8.07. The number of nitrogens with one attached hydrogen (secondary N) is 1. The van der Waals surface area contributed by atoms with Crippen LogP contribution in [0.4, 0.5) is 11.4 Å². The number of anilines is 1. The number of nitro benzene ring substituents is 1. The minimum atomic E-state index is -4.54. The van der Waals surface area contributed by atoms with E-state index in [1.165, 1.54) is 43.2 Å². The predicted molar refractivity (Wildman–Crippen MR) is 184 cm³/mol. The quantitative estimate of drug-likeness (QED) is 0.127. The number of nitrogens with zero attached hydrogens (tertiary/aromatic N) is 3. The van der Waals surface area contributed by atoms with E-state index in [9.17, 15) is 28.1 Å². The molecule has 4 aromatic rings. The van der Waals surface area contributed by atoms with Gasteiger partial charge in [0.2, 0.25) is 11.8 Å². The largest absolute Gasteiger partial charge is 0.497 e. The maximum absolute atomic E-state index is 14.6. The van der Waals surface area contributed by atoms with Gasteiger partial charge in [-0.1, -0.05) is 73.7 Å². The summed E-state index contributed by atoms with van der Waals surface area (Å²) in [6.07, 6.45) is 0.851. The summed E-state index contributed by atoms with van der Waals surface area (Å²) in [4.78, 5) is 40.6. The summed E-state index contributed by atoms with van der Waals surface area (Å²) in [5, 5.41) is 14.7. The highest BCUT2D eigenvalue weighted by Gasteiger charge is 2.35. The van der Waals surface area contributed by atoms with Crippen LogP contribution in [0.5, 0.6) is 5.75 Å². The number of rotatable bonds is 15. The number of carbonyl (C=O) groups is 2. The van der Waals surface area contributed by atoms with Crippen LogP contribution in [0.15, 0.2) is 108 Å². The van der Waals surface area contributed by atoms with Crippen molar-refractivity contribution < 1.29 is 27.7 Å². The van der Waals surface area contributed by atoms with E-state index in [1.54, 1.807) is 12.1 Å². The SMILES string of the molecule is CC[C@@H](C)NC(=O)[C@H](Cc1ccccc1)N(Cc1ccccc1)C(=O)CN(c1ccc(OC)cc1)S(=O)(=O)c1ccc(C)c([N+](=O)[O-])c1. The Morgan fingerprint density at radius 3 is 2.08 bits per heavy atom. The molecule has 1 N–H and O–H groups in total. The van der Waals surface area contributed by atoms with Gasteiger partial charge in [-0.3, -0.25) is 24.0 Å². The molecule has 0 heterocycles. The van der Waals surface area contributed by atoms with Crippen molar-refractivity contribution in [1.82, 2.24) is 10.2 Å². The number of hydrogen-bond acceptors (Lipinski definition) is 7. The van der Waals surface area contributed by atoms with Gasteiger partial charge < -0.3 is 15.0 Å². The number of sulfonamides is 1. The van der Waals surface area contributed by atoms with Crippen LogP contribution in [-0.2, 0) is 32.6 Å². The normalized spacial score (nSPS) is 12.4. The standard InChI is InChI=1S/C36H40N4O7S/c1-5-27(3)37-36(42)34(22-28-12-8-6-9-13-28)38(24-29-14-10-7-11-15-29)35(41)25-39(30-17-19-31(47-4)20-18-30)48(45,46)32-21-16-26(2)33(23-32)40(43)44/h6-21,23,27,34H,5,22,24-25H2,1-4H3,(H,37,42)/t27-,34+/m1/s1. The summed E-state index contributed by atoms with van der Waals surface area (Å²) in [5.74, 6) is -0.547. The number of hydrogen-bond donors (Lipinski definition) is 1. The van der Waals surface area contributed by atoms with Crippen molar-refractivity contribution in [2.45, 2.75) is 57.1 Å². The number of amides is 2. The zero-order valence-electron chi connectivity index (χ0n) is 27.4. The van der Waals surface area contributed by atoms with Crippen LogP contribution in [0.3, 0.4) is 0 Å². The molecule has 48 heavy (non-hydrogen) atoms. The highest BCUT2D eigenvalue weighted by Crippen LogP contribution is 2.30. The Hall–Kier alpha value is -5.23. The van der Waals surface area contributed by atoms with Crippen molar-refractivity contribution in [2.24, 2.45) is 0 Å². The van der Waals surface area contributed by atoms with Gasteiger partial charge in [-0.25, -0.2) is 8.42 Å². The van der Waals surface area contributed by atoms with Crippen LogP contribution in [0.1, 0.15) is 37.0 Å². The maximum Gasteiger partial charge on any atom is 0.273 e. The second-order valence-electron chi connectivity index (χ2n) is 11.4. The fraction of sp³-hybridized carbons (Fsp3) is 0.278. The molecule has 0 radical (unpaired) electrons. The number of nitro groups is 1. The first-order valence-electron chi connectivity index (χ1n) is 15.5. The van der Waals surface area contributed by atoms with Gasteiger partial charge in [-0.05, 0) is 61.7 Å². The molecule has 2 amide bonds. The molecule has 0 aliphatic carbocycles. The fourth-order valence-electron chi connectivity index (χ4n) is 5.13. The lowest BCUT2D eigenvalue weighted by atomic mass is 10.0. The summed E-state index contributed by atoms with van der Waals surface area (Å²) < 4.78 is 34.7. The first-order valence-corrected chi connectivity index (χ1v) is 17.0. The Labute approximate surface area is 281 Å². The molecule has 0 bridgehead atoms. The van der Waals surface area contributed by atoms with E-state index in [0.29, 0.717) is 12.2 Å². The third-order valence-corrected chi connectivity index (χ3v) is 9.84. The molecule has 0 fully saturated rings. The van der Waals surface area contributed by atoms with E-state index < -0.39 is 33.4 Å². The number of ether oxygens (including phenoxy) is 1. The molecule has 4 rings (SSSR count). The van der Waals surface area contributed by atoms with Gasteiger partial charge in [0.1, 0.15) is 18.3 Å². The number of aryl methyl sites for hydroxylation is 1. The van der Waals surface area contributed by atoms with E-state index in [4.69, 9.17) is 4.74 Å². The minimum Gasteiger partial charge on any atom is -0.497 e. The van der Waals surface area contributed by atoms with Gasteiger partial charge in [0.15, 0.2) is 0 Å². The highest BCUT2D eigenvalue weighted by molar-refractivity contribution is 7.92. The molecule has 12 heteroatoms. The summed E-state index contributed by atoms with van der Waals surface area (Å²) in [6, 6.07) is 27.0. The minimum absolute atomic E-state index is 0.0254. The van der Waals surface area contributed by atoms with E-state index in [1.807, 2.05) is 74.5 Å². The van der Waals surface area contributed by atoms with Crippen molar-refractivity contribution in [3.63, 3.8) is 0 Å². The maximum atomic E-state index is 14.6. The van der Waals surface area contributed by atoms with Gasteiger partial charge in [-0.15, -0.1) is 0 Å². The van der Waals surface area contributed by atoms with Crippen molar-refractivity contribution in [3.8, 4) is 5.75 Å². The first kappa shape index (κ1) is 35.6. The average Bonchev–Trinajstić information content (AvgIpc) is 3.09. The van der Waals surface area contributed by atoms with Crippen LogP contribution in [0, 0.1) is 17.0 Å². The predicted octanol–water partition coefficient (Wildman–Crippen LogP) is 5.66. The van der Waals surface area contributed by atoms with Crippen LogP contribution < -0.4 is 14.4 Å². The topological polar surface area (TPSA) is 139 Å². The lowest BCUT2D eigenvalue weighted by Gasteiger charge is -2.34. The van der Waals surface area contributed by atoms with Crippen molar-refractivity contribution >= 4 is 33.2 Å². The van der Waals surface area contributed by atoms with E-state index in [-0.39, 0.29) is 46.7 Å². The average molecular weight is 673 g/mol. The highest BCUT2D eigenvalue weighted by atomic mass is 32.2. The van der Waals surface area contributed by atoms with Gasteiger partial charge in [0.25, 0.3) is 15.7 Å². The molecule has 0 saturated carbocycles. The fourth-order valence-corrected chi connectivity index (χ4v) is 6.56. The van der Waals surface area contributed by atoms with Crippen molar-refractivity contribution in [1.29, 1.82) is 0 Å². The zero-order valence-corrected chi connectivity index (χ0v) is 28.2. The van der Waals surface area contributed by atoms with Gasteiger partial charge in [-0.2, -0.15) is 0 Å². The van der Waals surface area contributed by atoms with Crippen LogP contribution in [-0.4, -0.2) is 55.8 Å². The second kappa shape index (κ2) is 16.1. The molecule has 11 nitrogen and oxygen atoms in total. The molecular weight excluding hydrogens is 632 g/mol. The van der Waals surface area contributed by atoms with Gasteiger partial charge >= 0.3 is 0 Å². The van der Waals surface area contributed by atoms with Gasteiger partial charge in [0, 0.05) is 30.6 Å².